The summed E-state index contributed by atoms with van der Waals surface area (Å²) in [6, 6.07) is 10.1. The van der Waals surface area contributed by atoms with Crippen LogP contribution in [-0.2, 0) is 4.79 Å². The van der Waals surface area contributed by atoms with Crippen molar-refractivity contribution in [2.24, 2.45) is 0 Å². The number of aryl methyl sites for hydroxylation is 1. The van der Waals surface area contributed by atoms with E-state index in [1.54, 1.807) is 6.07 Å². The molecule has 1 N–H and O–H groups in total. The molecule has 34 heavy (non-hydrogen) atoms. The maximum Gasteiger partial charge on any atom is 0.252 e. The van der Waals surface area contributed by atoms with Crippen molar-refractivity contribution in [2.75, 3.05) is 36.4 Å². The van der Waals surface area contributed by atoms with Crippen LogP contribution < -0.4 is 15.8 Å². The molecule has 1 aliphatic carbocycles. The number of nitrogens with zero attached hydrogens (tertiary/aromatic N) is 5. The lowest BCUT2D eigenvalue weighted by Gasteiger charge is -2.36. The van der Waals surface area contributed by atoms with Gasteiger partial charge >= 0.3 is 0 Å². The molecule has 1 aromatic carbocycles. The summed E-state index contributed by atoms with van der Waals surface area (Å²) in [5, 5.41) is 4.23. The average Bonchev–Trinajstić information content (AvgIpc) is 3.38. The average molecular weight is 461 g/mol. The van der Waals surface area contributed by atoms with Gasteiger partial charge in [0, 0.05) is 67.7 Å². The van der Waals surface area contributed by atoms with Gasteiger partial charge in [0.1, 0.15) is 5.65 Å². The Labute approximate surface area is 199 Å². The zero-order valence-corrected chi connectivity index (χ0v) is 20.0. The molecule has 3 aromatic rings. The zero-order valence-electron chi connectivity index (χ0n) is 20.0. The minimum Gasteiger partial charge on any atom is -0.368 e. The van der Waals surface area contributed by atoms with Crippen LogP contribution in [0.5, 0.6) is 0 Å². The highest BCUT2D eigenvalue weighted by molar-refractivity contribution is 5.79. The van der Waals surface area contributed by atoms with Crippen molar-refractivity contribution in [3.63, 3.8) is 0 Å². The first-order valence-corrected chi connectivity index (χ1v) is 12.3. The SMILES string of the molecule is CCC(=O)N1CCN(c2ccc(Nc3ncc4c(C)cc(=O)n(C5CCCC5)c4n3)cc2)CC1. The van der Waals surface area contributed by atoms with Crippen LogP contribution in [0.4, 0.5) is 17.3 Å². The second kappa shape index (κ2) is 9.44. The largest absolute Gasteiger partial charge is 0.368 e. The van der Waals surface area contributed by atoms with Crippen LogP contribution in [-0.4, -0.2) is 51.5 Å². The maximum atomic E-state index is 12.8. The van der Waals surface area contributed by atoms with E-state index in [0.29, 0.717) is 18.0 Å². The molecular formula is C26H32N6O2. The summed E-state index contributed by atoms with van der Waals surface area (Å²) < 4.78 is 1.87. The lowest BCUT2D eigenvalue weighted by molar-refractivity contribution is -0.131. The van der Waals surface area contributed by atoms with Crippen LogP contribution in [0.25, 0.3) is 11.0 Å². The fraction of sp³-hybridized carbons (Fsp3) is 0.462. The molecule has 1 saturated heterocycles. The zero-order chi connectivity index (χ0) is 23.7. The fourth-order valence-electron chi connectivity index (χ4n) is 5.17. The molecular weight excluding hydrogens is 428 g/mol. The third-order valence-electron chi connectivity index (χ3n) is 7.11. The molecule has 0 unspecified atom stereocenters. The highest BCUT2D eigenvalue weighted by Gasteiger charge is 2.22. The minimum atomic E-state index is 0.0200. The monoisotopic (exact) mass is 460 g/mol. The molecule has 0 spiro atoms. The number of pyridine rings is 1. The predicted molar refractivity (Wildman–Crippen MR) is 135 cm³/mol. The number of hydrogen-bond acceptors (Lipinski definition) is 6. The number of fused-ring (bicyclic) bond motifs is 1. The number of amides is 1. The van der Waals surface area contributed by atoms with Crippen LogP contribution >= 0.6 is 0 Å². The van der Waals surface area contributed by atoms with Crippen LogP contribution in [0.2, 0.25) is 0 Å². The van der Waals surface area contributed by atoms with Gasteiger partial charge in [0.05, 0.1) is 0 Å². The van der Waals surface area contributed by atoms with Crippen LogP contribution in [0.1, 0.15) is 50.6 Å². The number of nitrogens with one attached hydrogen (secondary N) is 1. The first kappa shape index (κ1) is 22.4. The Morgan fingerprint density at radius 3 is 2.47 bits per heavy atom. The van der Waals surface area contributed by atoms with E-state index in [2.05, 4.69) is 27.3 Å². The second-order valence-electron chi connectivity index (χ2n) is 9.30. The number of benzene rings is 1. The van der Waals surface area contributed by atoms with E-state index in [1.165, 1.54) is 0 Å². The minimum absolute atomic E-state index is 0.0200. The predicted octanol–water partition coefficient (Wildman–Crippen LogP) is 4.02. The van der Waals surface area contributed by atoms with E-state index < -0.39 is 0 Å². The lowest BCUT2D eigenvalue weighted by Crippen LogP contribution is -2.48. The normalized spacial score (nSPS) is 16.9. The molecule has 178 valence electrons. The van der Waals surface area contributed by atoms with Crippen LogP contribution in [0.3, 0.4) is 0 Å². The summed E-state index contributed by atoms with van der Waals surface area (Å²) in [5.41, 5.74) is 3.67. The van der Waals surface area contributed by atoms with E-state index in [4.69, 9.17) is 4.98 Å². The van der Waals surface area contributed by atoms with Gasteiger partial charge in [-0.15, -0.1) is 0 Å². The molecule has 2 aromatic heterocycles. The summed E-state index contributed by atoms with van der Waals surface area (Å²) in [5.74, 6) is 0.715. The number of aromatic nitrogens is 3. The highest BCUT2D eigenvalue weighted by Crippen LogP contribution is 2.31. The standard InChI is InChI=1S/C26H32N6O2/c1-3-23(33)31-14-12-30(13-15-31)20-10-8-19(9-11-20)28-26-27-17-22-18(2)16-24(34)32(25(22)29-26)21-6-4-5-7-21/h8-11,16-17,21H,3-7,12-15H2,1-2H3,(H,27,28,29). The van der Waals surface area contributed by atoms with Crippen molar-refractivity contribution in [3.8, 4) is 0 Å². The number of piperazine rings is 1. The van der Waals surface area contributed by atoms with Gasteiger partial charge in [-0.1, -0.05) is 19.8 Å². The maximum absolute atomic E-state index is 12.8. The third kappa shape index (κ3) is 4.36. The van der Waals surface area contributed by atoms with Gasteiger partial charge in [0.25, 0.3) is 5.56 Å². The topological polar surface area (TPSA) is 83.4 Å². The van der Waals surface area contributed by atoms with Gasteiger partial charge in [-0.25, -0.2) is 4.98 Å². The quantitative estimate of drug-likeness (QED) is 0.619. The van der Waals surface area contributed by atoms with Gasteiger partial charge in [0.2, 0.25) is 11.9 Å². The Bertz CT molecular complexity index is 1240. The molecule has 1 amide bonds. The summed E-state index contributed by atoms with van der Waals surface area (Å²) in [6.45, 7) is 7.05. The van der Waals surface area contributed by atoms with Gasteiger partial charge in [0.15, 0.2) is 0 Å². The summed E-state index contributed by atoms with van der Waals surface area (Å²) in [7, 11) is 0. The van der Waals surface area contributed by atoms with Crippen LogP contribution in [0, 0.1) is 6.92 Å². The number of carbonyl (C=O) groups is 1. The summed E-state index contributed by atoms with van der Waals surface area (Å²) in [4.78, 5) is 38.3. The molecule has 5 rings (SSSR count). The lowest BCUT2D eigenvalue weighted by atomic mass is 10.1. The van der Waals surface area contributed by atoms with Gasteiger partial charge in [-0.3, -0.25) is 14.2 Å². The Morgan fingerprint density at radius 2 is 1.79 bits per heavy atom. The van der Waals surface area contributed by atoms with Crippen LogP contribution in [0.15, 0.2) is 41.3 Å². The molecule has 0 bridgehead atoms. The summed E-state index contributed by atoms with van der Waals surface area (Å²) >= 11 is 0. The first-order chi connectivity index (χ1) is 16.5. The molecule has 1 saturated carbocycles. The van der Waals surface area contributed by atoms with Crippen molar-refractivity contribution in [1.82, 2.24) is 19.4 Å². The van der Waals surface area contributed by atoms with Gasteiger partial charge in [-0.05, 0) is 49.6 Å². The van der Waals surface area contributed by atoms with Crippen molar-refractivity contribution in [2.45, 2.75) is 52.0 Å². The molecule has 8 heteroatoms. The van der Waals surface area contributed by atoms with Crippen molar-refractivity contribution >= 4 is 34.3 Å². The molecule has 3 heterocycles. The van der Waals surface area contributed by atoms with Crippen molar-refractivity contribution in [1.29, 1.82) is 0 Å². The van der Waals surface area contributed by atoms with E-state index in [9.17, 15) is 9.59 Å². The molecule has 0 atom stereocenters. The third-order valence-corrected chi connectivity index (χ3v) is 7.11. The number of anilines is 3. The van der Waals surface area contributed by atoms with E-state index in [1.807, 2.05) is 41.6 Å². The van der Waals surface area contributed by atoms with Gasteiger partial charge < -0.3 is 15.1 Å². The van der Waals surface area contributed by atoms with E-state index in [0.717, 1.165) is 74.2 Å². The molecule has 1 aliphatic heterocycles. The van der Waals surface area contributed by atoms with Crippen molar-refractivity contribution in [3.05, 3.63) is 52.4 Å². The Hall–Kier alpha value is -3.42. The smallest absolute Gasteiger partial charge is 0.252 e. The van der Waals surface area contributed by atoms with Crippen molar-refractivity contribution < 1.29 is 4.79 Å². The Balaban J connectivity index is 1.34. The molecule has 2 fully saturated rings. The Kier molecular flexibility index (Phi) is 6.22. The highest BCUT2D eigenvalue weighted by atomic mass is 16.2. The first-order valence-electron chi connectivity index (χ1n) is 12.3. The van der Waals surface area contributed by atoms with E-state index >= 15 is 0 Å². The Morgan fingerprint density at radius 1 is 1.09 bits per heavy atom. The number of carbonyl (C=O) groups excluding carboxylic acids is 1. The summed E-state index contributed by atoms with van der Waals surface area (Å²) in [6.07, 6.45) is 6.72. The molecule has 2 aliphatic rings. The molecule has 8 nitrogen and oxygen atoms in total. The number of hydrogen-bond donors (Lipinski definition) is 1. The molecule has 0 radical (unpaired) electrons. The number of rotatable bonds is 5. The second-order valence-corrected chi connectivity index (χ2v) is 9.30. The van der Waals surface area contributed by atoms with E-state index in [-0.39, 0.29) is 17.5 Å². The fourth-order valence-corrected chi connectivity index (χ4v) is 5.17. The van der Waals surface area contributed by atoms with Gasteiger partial charge in [-0.2, -0.15) is 4.98 Å².